The fourth-order valence-electron chi connectivity index (χ4n) is 6.67. The Morgan fingerprint density at radius 3 is 2.55 bits per heavy atom. The van der Waals surface area contributed by atoms with Crippen LogP contribution in [0.3, 0.4) is 0 Å². The fraction of sp³-hybridized carbons (Fsp3) is 0.600. The molecule has 0 radical (unpaired) electrons. The van der Waals surface area contributed by atoms with Crippen LogP contribution in [0, 0.1) is 17.2 Å². The van der Waals surface area contributed by atoms with Gasteiger partial charge in [0.15, 0.2) is 5.60 Å². The zero-order chi connectivity index (χ0) is 26.5. The first-order valence-corrected chi connectivity index (χ1v) is 14.0. The topological polar surface area (TPSA) is 74.6 Å². The highest BCUT2D eigenvalue weighted by molar-refractivity contribution is 5.85. The van der Waals surface area contributed by atoms with E-state index in [1.165, 1.54) is 23.3 Å². The summed E-state index contributed by atoms with van der Waals surface area (Å²) in [4.78, 5) is 22.2. The minimum absolute atomic E-state index is 0.216. The van der Waals surface area contributed by atoms with E-state index in [0.29, 0.717) is 38.5 Å². The Bertz CT molecular complexity index is 1170. The molecule has 1 aromatic carbocycles. The number of rotatable bonds is 7. The lowest BCUT2D eigenvalue weighted by Gasteiger charge is -2.48. The zero-order valence-corrected chi connectivity index (χ0v) is 22.4. The third-order valence-electron chi connectivity index (χ3n) is 9.23. The predicted octanol–water partition coefficient (Wildman–Crippen LogP) is 4.70. The second-order valence-corrected chi connectivity index (χ2v) is 12.1. The Hall–Kier alpha value is -2.71. The lowest BCUT2D eigenvalue weighted by molar-refractivity contribution is -0.150. The van der Waals surface area contributed by atoms with Crippen molar-refractivity contribution in [2.75, 3.05) is 39.3 Å². The van der Waals surface area contributed by atoms with Crippen LogP contribution in [0.2, 0.25) is 0 Å². The van der Waals surface area contributed by atoms with Crippen molar-refractivity contribution >= 4 is 17.4 Å². The number of aliphatic carboxylic acids is 1. The number of ether oxygens (including phenoxy) is 1. The molecular formula is C30H38FN3O4. The van der Waals surface area contributed by atoms with Gasteiger partial charge in [-0.1, -0.05) is 23.4 Å². The second-order valence-electron chi connectivity index (χ2n) is 12.1. The van der Waals surface area contributed by atoms with E-state index in [1.807, 2.05) is 19.1 Å². The van der Waals surface area contributed by atoms with Crippen LogP contribution >= 0.6 is 0 Å². The number of amidine groups is 1. The lowest BCUT2D eigenvalue weighted by Crippen LogP contribution is -2.63. The lowest BCUT2D eigenvalue weighted by atomic mass is 9.78. The highest BCUT2D eigenvalue weighted by Crippen LogP contribution is 2.51. The predicted molar refractivity (Wildman–Crippen MR) is 143 cm³/mol. The number of oxime groups is 1. The van der Waals surface area contributed by atoms with E-state index in [0.717, 1.165) is 56.7 Å². The van der Waals surface area contributed by atoms with Gasteiger partial charge in [0.2, 0.25) is 0 Å². The van der Waals surface area contributed by atoms with Gasteiger partial charge in [0.25, 0.3) is 0 Å². The van der Waals surface area contributed by atoms with E-state index in [9.17, 15) is 14.3 Å². The molecule has 1 saturated carbocycles. The molecule has 1 atom stereocenters. The van der Waals surface area contributed by atoms with Gasteiger partial charge in [-0.3, -0.25) is 9.69 Å². The van der Waals surface area contributed by atoms with Crippen molar-refractivity contribution in [2.45, 2.75) is 63.6 Å². The normalized spacial score (nSPS) is 28.3. The van der Waals surface area contributed by atoms with Crippen molar-refractivity contribution in [1.82, 2.24) is 9.80 Å². The SMILES string of the molecule is CCOC1(C2CC2)C=C(c2ccc(F)cc2)CC=C1CN1CC2(CC(N3CCC(C)(C(=O)O)CC3)=NO2)C1. The van der Waals surface area contributed by atoms with Gasteiger partial charge in [-0.2, -0.15) is 0 Å². The number of allylic oxidation sites excluding steroid dienone is 2. The number of benzene rings is 1. The Labute approximate surface area is 223 Å². The summed E-state index contributed by atoms with van der Waals surface area (Å²) in [5.74, 6) is 0.515. The third kappa shape index (κ3) is 4.56. The van der Waals surface area contributed by atoms with Gasteiger partial charge in [-0.05, 0) is 86.8 Å². The fourth-order valence-corrected chi connectivity index (χ4v) is 6.67. The van der Waals surface area contributed by atoms with Crippen LogP contribution in [0.25, 0.3) is 5.57 Å². The van der Waals surface area contributed by atoms with Gasteiger partial charge in [0.1, 0.15) is 17.3 Å². The minimum Gasteiger partial charge on any atom is -0.481 e. The second kappa shape index (κ2) is 9.49. The molecule has 1 N–H and O–H groups in total. The van der Waals surface area contributed by atoms with Crippen LogP contribution in [0.4, 0.5) is 4.39 Å². The average Bonchev–Trinajstić information content (AvgIpc) is 3.65. The van der Waals surface area contributed by atoms with Crippen LogP contribution in [0.5, 0.6) is 0 Å². The van der Waals surface area contributed by atoms with Crippen LogP contribution < -0.4 is 0 Å². The summed E-state index contributed by atoms with van der Waals surface area (Å²) in [6.07, 6.45) is 9.82. The van der Waals surface area contributed by atoms with Gasteiger partial charge in [-0.25, -0.2) is 4.39 Å². The Morgan fingerprint density at radius 2 is 1.92 bits per heavy atom. The first kappa shape index (κ1) is 25.6. The van der Waals surface area contributed by atoms with E-state index in [4.69, 9.17) is 9.57 Å². The molecule has 2 saturated heterocycles. The number of nitrogens with zero attached hydrogens (tertiary/aromatic N) is 3. The number of carboxylic acid groups (broad SMARTS) is 1. The zero-order valence-electron chi connectivity index (χ0n) is 22.4. The molecule has 3 fully saturated rings. The van der Waals surface area contributed by atoms with Crippen LogP contribution in [0.1, 0.15) is 57.9 Å². The van der Waals surface area contributed by atoms with E-state index >= 15 is 0 Å². The van der Waals surface area contributed by atoms with Gasteiger partial charge in [0, 0.05) is 39.3 Å². The molecule has 2 aliphatic carbocycles. The molecule has 38 heavy (non-hydrogen) atoms. The van der Waals surface area contributed by atoms with Gasteiger partial charge >= 0.3 is 5.97 Å². The van der Waals surface area contributed by atoms with Crippen molar-refractivity contribution in [3.05, 3.63) is 53.4 Å². The molecule has 6 rings (SSSR count). The van der Waals surface area contributed by atoms with E-state index in [2.05, 4.69) is 34.0 Å². The Morgan fingerprint density at radius 1 is 1.21 bits per heavy atom. The summed E-state index contributed by atoms with van der Waals surface area (Å²) in [5.41, 5.74) is 2.26. The van der Waals surface area contributed by atoms with Crippen molar-refractivity contribution < 1.29 is 23.9 Å². The van der Waals surface area contributed by atoms with Crippen molar-refractivity contribution in [2.24, 2.45) is 16.5 Å². The van der Waals surface area contributed by atoms with Gasteiger partial charge in [0.05, 0.1) is 11.8 Å². The molecule has 0 bridgehead atoms. The molecular weight excluding hydrogens is 485 g/mol. The quantitative estimate of drug-likeness (QED) is 0.523. The molecule has 0 aromatic heterocycles. The molecule has 7 nitrogen and oxygen atoms in total. The van der Waals surface area contributed by atoms with Crippen LogP contribution in [0.15, 0.2) is 47.1 Å². The van der Waals surface area contributed by atoms with E-state index in [-0.39, 0.29) is 11.4 Å². The van der Waals surface area contributed by atoms with Crippen molar-refractivity contribution in [1.29, 1.82) is 0 Å². The van der Waals surface area contributed by atoms with Gasteiger partial charge in [-0.15, -0.1) is 0 Å². The molecule has 3 aliphatic heterocycles. The molecule has 204 valence electrons. The molecule has 1 spiro atoms. The number of likely N-dealkylation sites (tertiary alicyclic amines) is 2. The standard InChI is InChI=1S/C30H38FN3O4/c1-3-37-30(23-8-9-23)16-22(21-5-10-25(31)11-6-21)4-7-24(30)18-33-19-29(20-33)17-26(32-38-29)34-14-12-28(2,13-15-34)27(35)36/h5-7,10-11,16,23H,3-4,8-9,12-15,17-20H2,1-2H3,(H,35,36). The summed E-state index contributed by atoms with van der Waals surface area (Å²) in [6.45, 7) is 8.43. The smallest absolute Gasteiger partial charge is 0.309 e. The maximum Gasteiger partial charge on any atom is 0.309 e. The average molecular weight is 524 g/mol. The summed E-state index contributed by atoms with van der Waals surface area (Å²) in [7, 11) is 0. The van der Waals surface area contributed by atoms with Crippen LogP contribution in [-0.2, 0) is 14.4 Å². The largest absolute Gasteiger partial charge is 0.481 e. The number of piperidine rings is 1. The molecule has 8 heteroatoms. The number of hydrogen-bond donors (Lipinski definition) is 1. The van der Waals surface area contributed by atoms with Crippen molar-refractivity contribution in [3.63, 3.8) is 0 Å². The summed E-state index contributed by atoms with van der Waals surface area (Å²) in [6, 6.07) is 6.78. The minimum atomic E-state index is -0.709. The van der Waals surface area contributed by atoms with E-state index in [1.54, 1.807) is 0 Å². The molecule has 1 aromatic rings. The first-order chi connectivity index (χ1) is 18.2. The first-order valence-electron chi connectivity index (χ1n) is 14.0. The van der Waals surface area contributed by atoms with Gasteiger partial charge < -0.3 is 19.6 Å². The number of carboxylic acids is 1. The maximum absolute atomic E-state index is 13.5. The number of hydrogen-bond acceptors (Lipinski definition) is 6. The Kier molecular flexibility index (Phi) is 6.38. The maximum atomic E-state index is 13.5. The van der Waals surface area contributed by atoms with Crippen LogP contribution in [-0.4, -0.2) is 77.2 Å². The third-order valence-corrected chi connectivity index (χ3v) is 9.23. The molecule has 0 amide bonds. The Balaban J connectivity index is 1.09. The number of carbonyl (C=O) groups is 1. The molecule has 5 aliphatic rings. The monoisotopic (exact) mass is 523 g/mol. The van der Waals surface area contributed by atoms with Crippen molar-refractivity contribution in [3.8, 4) is 0 Å². The summed E-state index contributed by atoms with van der Waals surface area (Å²) in [5, 5.41) is 14.0. The molecule has 3 heterocycles. The summed E-state index contributed by atoms with van der Waals surface area (Å²) < 4.78 is 20.1. The summed E-state index contributed by atoms with van der Waals surface area (Å²) >= 11 is 0. The van der Waals surface area contributed by atoms with E-state index < -0.39 is 17.0 Å². The number of halogens is 1. The molecule has 1 unspecified atom stereocenters. The highest BCUT2D eigenvalue weighted by Gasteiger charge is 2.54. The highest BCUT2D eigenvalue weighted by atomic mass is 19.1.